The Labute approximate surface area is 128 Å². The molecule has 1 aromatic carbocycles. The van der Waals surface area contributed by atoms with Gasteiger partial charge in [-0.2, -0.15) is 0 Å². The number of carbonyl (C=O) groups is 2. The van der Waals surface area contributed by atoms with E-state index < -0.39 is 0 Å². The molecule has 0 unspecified atom stereocenters. The predicted octanol–water partition coefficient (Wildman–Crippen LogP) is 1.91. The Hall–Kier alpha value is -1.49. The van der Waals surface area contributed by atoms with Crippen molar-refractivity contribution in [2.75, 3.05) is 26.0 Å². The molecule has 0 bridgehead atoms. The number of rotatable bonds is 2. The third-order valence-corrected chi connectivity index (χ3v) is 5.33. The van der Waals surface area contributed by atoms with Crippen molar-refractivity contribution in [3.63, 3.8) is 0 Å². The minimum absolute atomic E-state index is 0.0268. The molecule has 0 aromatic heterocycles. The molecule has 5 heteroatoms. The zero-order chi connectivity index (χ0) is 14.8. The van der Waals surface area contributed by atoms with Crippen LogP contribution in [-0.4, -0.2) is 48.0 Å². The summed E-state index contributed by atoms with van der Waals surface area (Å²) in [5, 5.41) is -0.262. The van der Waals surface area contributed by atoms with Gasteiger partial charge in [-0.25, -0.2) is 0 Å². The molecule has 3 rings (SSSR count). The average molecular weight is 305 g/mol. The molecule has 0 N–H and O–H groups in total. The van der Waals surface area contributed by atoms with E-state index in [1.54, 1.807) is 16.7 Å². The fraction of sp³-hybridized carbons (Fsp3) is 0.500. The number of hydrogen-bond acceptors (Lipinski definition) is 4. The van der Waals surface area contributed by atoms with Crippen molar-refractivity contribution < 1.29 is 14.3 Å². The highest BCUT2D eigenvalue weighted by molar-refractivity contribution is 8.00. The second-order valence-electron chi connectivity index (χ2n) is 5.47. The summed E-state index contributed by atoms with van der Waals surface area (Å²) in [6.07, 6.45) is 3.36. The van der Waals surface area contributed by atoms with Crippen LogP contribution in [0.3, 0.4) is 0 Å². The number of ether oxygens (including phenoxy) is 1. The first-order valence-corrected chi connectivity index (χ1v) is 8.34. The Morgan fingerprint density at radius 2 is 2.10 bits per heavy atom. The Morgan fingerprint density at radius 3 is 2.90 bits per heavy atom. The molecule has 4 nitrogen and oxygen atoms in total. The summed E-state index contributed by atoms with van der Waals surface area (Å²) >= 11 is 1.56. The topological polar surface area (TPSA) is 46.6 Å². The summed E-state index contributed by atoms with van der Waals surface area (Å²) in [6, 6.07) is 6.02. The molecule has 0 saturated carbocycles. The second-order valence-corrected chi connectivity index (χ2v) is 6.78. The predicted molar refractivity (Wildman–Crippen MR) is 82.6 cm³/mol. The number of aryl methyl sites for hydroxylation is 2. The molecular formula is C16H19NO3S. The lowest BCUT2D eigenvalue weighted by molar-refractivity contribution is -0.140. The number of hydrogen-bond donors (Lipinski definition) is 0. The Bertz CT molecular complexity index is 573. The molecule has 1 saturated heterocycles. The van der Waals surface area contributed by atoms with Gasteiger partial charge in [0.05, 0.1) is 7.11 Å². The third kappa shape index (κ3) is 2.93. The fourth-order valence-electron chi connectivity index (χ4n) is 3.00. The monoisotopic (exact) mass is 305 g/mol. The van der Waals surface area contributed by atoms with Crippen LogP contribution in [0.5, 0.6) is 0 Å². The normalized spacial score (nSPS) is 21.0. The quantitative estimate of drug-likeness (QED) is 0.783. The third-order valence-electron chi connectivity index (χ3n) is 4.16. The van der Waals surface area contributed by atoms with E-state index in [1.165, 1.54) is 24.7 Å². The molecule has 21 heavy (non-hydrogen) atoms. The molecule has 112 valence electrons. The van der Waals surface area contributed by atoms with Crippen LogP contribution >= 0.6 is 11.8 Å². The van der Waals surface area contributed by atoms with E-state index in [9.17, 15) is 9.59 Å². The van der Waals surface area contributed by atoms with Crippen LogP contribution in [0.4, 0.5) is 0 Å². The van der Waals surface area contributed by atoms with Gasteiger partial charge in [-0.1, -0.05) is 6.07 Å². The minimum Gasteiger partial charge on any atom is -0.468 e. The van der Waals surface area contributed by atoms with Crippen molar-refractivity contribution in [2.45, 2.75) is 24.5 Å². The van der Waals surface area contributed by atoms with Gasteiger partial charge in [-0.15, -0.1) is 11.8 Å². The summed E-state index contributed by atoms with van der Waals surface area (Å²) < 4.78 is 4.79. The van der Waals surface area contributed by atoms with Gasteiger partial charge in [-0.05, 0) is 42.5 Å². The zero-order valence-corrected chi connectivity index (χ0v) is 12.9. The summed E-state index contributed by atoms with van der Waals surface area (Å²) in [5.74, 6) is 0.557. The van der Waals surface area contributed by atoms with Gasteiger partial charge in [0.25, 0.3) is 5.91 Å². The maximum Gasteiger partial charge on any atom is 0.320 e. The van der Waals surface area contributed by atoms with Gasteiger partial charge in [0, 0.05) is 24.4 Å². The number of carbonyl (C=O) groups excluding carboxylic acids is 2. The van der Waals surface area contributed by atoms with Crippen LogP contribution in [-0.2, 0) is 22.4 Å². The number of methoxy groups -OCH3 is 1. The van der Waals surface area contributed by atoms with E-state index in [-0.39, 0.29) is 17.1 Å². The molecule has 2 aliphatic rings. The molecule has 1 aliphatic heterocycles. The van der Waals surface area contributed by atoms with Crippen LogP contribution in [0.15, 0.2) is 18.2 Å². The standard InChI is InChI=1S/C16H19NO3S/c1-20-16(19)14-10-17(7-8-21-14)15(18)13-6-5-11-3-2-4-12(11)9-13/h5-6,9,14H,2-4,7-8,10H2,1H3/t14-/m0/s1. The van der Waals surface area contributed by atoms with E-state index in [2.05, 4.69) is 6.07 Å². The van der Waals surface area contributed by atoms with Crippen molar-refractivity contribution in [2.24, 2.45) is 0 Å². The van der Waals surface area contributed by atoms with Crippen molar-refractivity contribution in [1.29, 1.82) is 0 Å². The lowest BCUT2D eigenvalue weighted by atomic mass is 10.1. The summed E-state index contributed by atoms with van der Waals surface area (Å²) in [6.45, 7) is 1.13. The van der Waals surface area contributed by atoms with Crippen molar-refractivity contribution >= 4 is 23.6 Å². The van der Waals surface area contributed by atoms with E-state index in [1.807, 2.05) is 12.1 Å². The highest BCUT2D eigenvalue weighted by Gasteiger charge is 2.30. The number of esters is 1. The Morgan fingerprint density at radius 1 is 1.29 bits per heavy atom. The molecular weight excluding hydrogens is 286 g/mol. The first kappa shape index (κ1) is 14.4. The van der Waals surface area contributed by atoms with E-state index in [0.717, 1.165) is 24.2 Å². The lowest BCUT2D eigenvalue weighted by Gasteiger charge is -2.31. The number of nitrogens with zero attached hydrogens (tertiary/aromatic N) is 1. The smallest absolute Gasteiger partial charge is 0.320 e. The van der Waals surface area contributed by atoms with Crippen LogP contribution in [0.1, 0.15) is 27.9 Å². The number of benzene rings is 1. The van der Waals surface area contributed by atoms with Gasteiger partial charge in [0.15, 0.2) is 0 Å². The second kappa shape index (κ2) is 6.10. The summed E-state index contributed by atoms with van der Waals surface area (Å²) in [7, 11) is 1.39. The van der Waals surface area contributed by atoms with Gasteiger partial charge < -0.3 is 9.64 Å². The molecule has 0 spiro atoms. The highest BCUT2D eigenvalue weighted by Crippen LogP contribution is 2.25. The maximum absolute atomic E-state index is 12.6. The van der Waals surface area contributed by atoms with Crippen molar-refractivity contribution in [3.05, 3.63) is 34.9 Å². The first-order valence-electron chi connectivity index (χ1n) is 7.29. The Kier molecular flexibility index (Phi) is 4.19. The van der Waals surface area contributed by atoms with Crippen LogP contribution in [0.25, 0.3) is 0 Å². The SMILES string of the molecule is COC(=O)[C@@H]1CN(C(=O)c2ccc3c(c2)CCC3)CCS1. The molecule has 1 atom stereocenters. The molecule has 1 aromatic rings. The lowest BCUT2D eigenvalue weighted by Crippen LogP contribution is -2.45. The van der Waals surface area contributed by atoms with E-state index >= 15 is 0 Å². The first-order chi connectivity index (χ1) is 10.2. The van der Waals surface area contributed by atoms with Gasteiger partial charge in [0.1, 0.15) is 5.25 Å². The zero-order valence-electron chi connectivity index (χ0n) is 12.1. The van der Waals surface area contributed by atoms with Gasteiger partial charge in [0.2, 0.25) is 0 Å². The van der Waals surface area contributed by atoms with E-state index in [4.69, 9.17) is 4.74 Å². The molecule has 0 radical (unpaired) electrons. The average Bonchev–Trinajstić information content (AvgIpc) is 3.01. The molecule has 1 amide bonds. The molecule has 1 heterocycles. The number of fused-ring (bicyclic) bond motifs is 1. The fourth-order valence-corrected chi connectivity index (χ4v) is 4.12. The summed E-state index contributed by atoms with van der Waals surface area (Å²) in [5.41, 5.74) is 3.41. The summed E-state index contributed by atoms with van der Waals surface area (Å²) in [4.78, 5) is 26.0. The van der Waals surface area contributed by atoms with Crippen molar-refractivity contribution in [3.8, 4) is 0 Å². The van der Waals surface area contributed by atoms with Crippen LogP contribution in [0, 0.1) is 0 Å². The van der Waals surface area contributed by atoms with Crippen molar-refractivity contribution in [1.82, 2.24) is 4.90 Å². The maximum atomic E-state index is 12.6. The number of thioether (sulfide) groups is 1. The Balaban J connectivity index is 1.74. The molecule has 1 fully saturated rings. The van der Waals surface area contributed by atoms with Gasteiger partial charge in [-0.3, -0.25) is 9.59 Å². The van der Waals surface area contributed by atoms with Crippen LogP contribution < -0.4 is 0 Å². The van der Waals surface area contributed by atoms with E-state index in [0.29, 0.717) is 13.1 Å². The van der Waals surface area contributed by atoms with Crippen LogP contribution in [0.2, 0.25) is 0 Å². The molecule has 1 aliphatic carbocycles. The minimum atomic E-state index is -0.262. The van der Waals surface area contributed by atoms with Gasteiger partial charge >= 0.3 is 5.97 Å². The largest absolute Gasteiger partial charge is 0.468 e. The number of amides is 1. The highest BCUT2D eigenvalue weighted by atomic mass is 32.2.